The third-order valence-corrected chi connectivity index (χ3v) is 6.34. The predicted molar refractivity (Wildman–Crippen MR) is 210 cm³/mol. The molecular formula is C39H70N3OSi2Y. The summed E-state index contributed by atoms with van der Waals surface area (Å²) < 4.78 is 4.94. The number of nitrogens with zero attached hydrogens (tertiary/aromatic N) is 3. The molecule has 258 valence electrons. The number of hydrogen-bond acceptors (Lipinski definition) is 2. The fourth-order valence-electron chi connectivity index (χ4n) is 4.22. The monoisotopic (exact) mass is 741 g/mol. The van der Waals surface area contributed by atoms with Crippen LogP contribution in [0.4, 0.5) is 11.4 Å². The van der Waals surface area contributed by atoms with Crippen molar-refractivity contribution in [2.24, 2.45) is 4.99 Å². The van der Waals surface area contributed by atoms with E-state index in [0.717, 1.165) is 30.5 Å². The van der Waals surface area contributed by atoms with Crippen molar-refractivity contribution in [1.29, 1.82) is 0 Å². The van der Waals surface area contributed by atoms with Crippen LogP contribution in [-0.2, 0) is 37.4 Å². The molecule has 1 aliphatic heterocycles. The van der Waals surface area contributed by atoms with Gasteiger partial charge in [-0.25, -0.2) is 0 Å². The molecule has 1 aliphatic rings. The fourth-order valence-corrected chi connectivity index (χ4v) is 4.22. The van der Waals surface area contributed by atoms with E-state index in [9.17, 15) is 0 Å². The molecule has 0 aromatic heterocycles. The summed E-state index contributed by atoms with van der Waals surface area (Å²) in [5, 5.41) is 5.17. The number of hydrogen-bond donors (Lipinski definition) is 0. The number of ether oxygens (including phenoxy) is 1. The van der Waals surface area contributed by atoms with Gasteiger partial charge in [-0.2, -0.15) is 0 Å². The number of aliphatic imine (C=N–C) groups is 1. The van der Waals surface area contributed by atoms with Gasteiger partial charge in [-0.3, -0.25) is 0 Å². The van der Waals surface area contributed by atoms with Crippen LogP contribution in [0.25, 0.3) is 5.32 Å². The summed E-state index contributed by atoms with van der Waals surface area (Å²) in [6.45, 7) is 41.0. The van der Waals surface area contributed by atoms with Gasteiger partial charge in [0, 0.05) is 19.2 Å². The van der Waals surface area contributed by atoms with E-state index < -0.39 is 16.1 Å². The Kier molecular flexibility index (Phi) is 23.4. The minimum absolute atomic E-state index is 0. The Balaban J connectivity index is 0. The second kappa shape index (κ2) is 22.8. The Morgan fingerprint density at radius 1 is 0.674 bits per heavy atom. The van der Waals surface area contributed by atoms with Gasteiger partial charge in [0.05, 0.1) is 0 Å². The minimum atomic E-state index is -0.861. The fraction of sp³-hybridized carbons (Fsp3) is 0.615. The van der Waals surface area contributed by atoms with E-state index in [4.69, 9.17) is 15.0 Å². The second-order valence-corrected chi connectivity index (χ2v) is 26.3. The first-order valence-electron chi connectivity index (χ1n) is 17.1. The van der Waals surface area contributed by atoms with E-state index >= 15 is 0 Å². The molecule has 0 aliphatic carbocycles. The first-order chi connectivity index (χ1) is 20.5. The Bertz CT molecular complexity index is 1060. The maximum Gasteiger partial charge on any atom is 3.00 e. The molecule has 0 bridgehead atoms. The van der Waals surface area contributed by atoms with Crippen LogP contribution in [0.2, 0.25) is 39.3 Å². The van der Waals surface area contributed by atoms with Crippen LogP contribution in [0.15, 0.2) is 41.4 Å². The zero-order chi connectivity index (χ0) is 35.1. The van der Waals surface area contributed by atoms with Gasteiger partial charge in [0.1, 0.15) is 0 Å². The normalized spacial score (nSPS) is 13.3. The van der Waals surface area contributed by atoms with E-state index in [-0.39, 0.29) is 32.7 Å². The van der Waals surface area contributed by atoms with E-state index in [2.05, 4.69) is 144 Å². The molecule has 0 N–H and O–H groups in total. The molecule has 0 radical (unpaired) electrons. The van der Waals surface area contributed by atoms with Crippen molar-refractivity contribution in [3.8, 4) is 0 Å². The van der Waals surface area contributed by atoms with Crippen molar-refractivity contribution in [3.63, 3.8) is 0 Å². The maximum atomic E-state index is 5.17. The van der Waals surface area contributed by atoms with Crippen molar-refractivity contribution in [3.05, 3.63) is 77.1 Å². The molecule has 1 saturated heterocycles. The van der Waals surface area contributed by atoms with Gasteiger partial charge >= 0.3 is 32.7 Å². The standard InChI is InChI=1S/C27H40N3.C4H8O.2C4H11Si.Y/c1-17(2)21-13-11-14-22(18(3)4)25(21)28-27(30(9)10)29-26-23(19(5)6)15-12-16-24(26)20(7)8;1-2-4-5-3-1;2*1-5(2,3)4;/h11-20H,1-10H3;1-4H2;2*1H2,2-4H3;/q-1;;2*-1;+3. The molecule has 3 rings (SSSR count). The van der Waals surface area contributed by atoms with Crippen LogP contribution in [0.5, 0.6) is 0 Å². The van der Waals surface area contributed by atoms with Crippen LogP contribution in [0.1, 0.15) is 114 Å². The summed E-state index contributed by atoms with van der Waals surface area (Å²) in [6, 6.07) is 13.1. The average Bonchev–Trinajstić information content (AvgIpc) is 3.46. The smallest absolute Gasteiger partial charge is 0.432 e. The number of rotatable bonds is 6. The summed E-state index contributed by atoms with van der Waals surface area (Å²) in [7, 11) is 2.34. The molecule has 2 aromatic carbocycles. The van der Waals surface area contributed by atoms with Gasteiger partial charge in [-0.05, 0) is 84.2 Å². The van der Waals surface area contributed by atoms with Crippen LogP contribution in [0, 0.1) is 13.1 Å². The molecule has 0 unspecified atom stereocenters. The van der Waals surface area contributed by atoms with Crippen LogP contribution >= 0.6 is 0 Å². The van der Waals surface area contributed by atoms with Gasteiger partial charge in [-0.1, -0.05) is 131 Å². The average molecular weight is 742 g/mol. The van der Waals surface area contributed by atoms with E-state index in [1.54, 1.807) is 0 Å². The molecule has 0 saturated carbocycles. The minimum Gasteiger partial charge on any atom is -0.432 e. The van der Waals surface area contributed by atoms with Crippen LogP contribution in [-0.4, -0.2) is 54.3 Å². The van der Waals surface area contributed by atoms with Gasteiger partial charge in [-0.15, -0.1) is 16.1 Å². The van der Waals surface area contributed by atoms with Crippen molar-refractivity contribution in [1.82, 2.24) is 4.90 Å². The first-order valence-corrected chi connectivity index (χ1v) is 24.5. The molecule has 2 aromatic rings. The van der Waals surface area contributed by atoms with Crippen LogP contribution in [0.3, 0.4) is 0 Å². The summed E-state index contributed by atoms with van der Waals surface area (Å²) in [5.41, 5.74) is 7.24. The van der Waals surface area contributed by atoms with E-state index in [0.29, 0.717) is 23.7 Å². The van der Waals surface area contributed by atoms with Crippen molar-refractivity contribution in [2.75, 3.05) is 27.3 Å². The Morgan fingerprint density at radius 2 is 0.978 bits per heavy atom. The first kappa shape index (κ1) is 47.3. The summed E-state index contributed by atoms with van der Waals surface area (Å²) in [6.07, 6.45) is 2.56. The molecule has 4 nitrogen and oxygen atoms in total. The van der Waals surface area contributed by atoms with E-state index in [1.807, 2.05) is 19.0 Å². The summed E-state index contributed by atoms with van der Waals surface area (Å²) >= 11 is 0. The SMILES string of the molecule is C1CCOC1.CC(C)c1cccc(C(C)C)c1N=C([N-]c1c(C(C)C)cccc1C(C)C)N(C)C.[CH2-][Si](C)(C)C.[CH2-][Si](C)(C)C.[Y+3]. The van der Waals surface area contributed by atoms with Gasteiger partial charge in [0.25, 0.3) is 0 Å². The van der Waals surface area contributed by atoms with Crippen molar-refractivity contribution >= 4 is 33.5 Å². The van der Waals surface area contributed by atoms with Gasteiger partial charge in [0.15, 0.2) is 0 Å². The van der Waals surface area contributed by atoms with Gasteiger partial charge < -0.3 is 33.0 Å². The quantitative estimate of drug-likeness (QED) is 0.128. The van der Waals surface area contributed by atoms with E-state index in [1.165, 1.54) is 35.1 Å². The summed E-state index contributed by atoms with van der Waals surface area (Å²) in [5.74, 6) is 2.36. The second-order valence-electron chi connectivity index (χ2n) is 16.0. The van der Waals surface area contributed by atoms with Gasteiger partial charge in [0.2, 0.25) is 0 Å². The Hall–Kier alpha value is -0.792. The molecule has 0 atom stereocenters. The molecule has 1 fully saturated rings. The molecule has 0 amide bonds. The summed E-state index contributed by atoms with van der Waals surface area (Å²) in [4.78, 5) is 7.20. The third-order valence-electron chi connectivity index (χ3n) is 6.34. The topological polar surface area (TPSA) is 38.9 Å². The number of guanidine groups is 1. The molecule has 1 heterocycles. The zero-order valence-electron chi connectivity index (χ0n) is 32.8. The van der Waals surface area contributed by atoms with Crippen LogP contribution < -0.4 is 0 Å². The Labute approximate surface area is 314 Å². The zero-order valence-corrected chi connectivity index (χ0v) is 37.7. The third kappa shape index (κ3) is 21.2. The molecular weight excluding hydrogens is 672 g/mol. The number of para-hydroxylation sites is 2. The maximum absolute atomic E-state index is 5.17. The largest absolute Gasteiger partial charge is 3.00 e. The molecule has 46 heavy (non-hydrogen) atoms. The molecule has 7 heteroatoms. The molecule has 0 spiro atoms. The predicted octanol–water partition coefficient (Wildman–Crippen LogP) is 12.6. The van der Waals surface area contributed by atoms with Crippen molar-refractivity contribution < 1.29 is 37.4 Å². The number of benzene rings is 2. The Morgan fingerprint density at radius 3 is 1.22 bits per heavy atom. The van der Waals surface area contributed by atoms with Crippen molar-refractivity contribution in [2.45, 2.75) is 131 Å².